The summed E-state index contributed by atoms with van der Waals surface area (Å²) in [6.07, 6.45) is 22.5. The molecule has 1 atom stereocenters. The molecule has 0 aromatic heterocycles. The topological polar surface area (TPSA) is 6.48 Å². The molecule has 1 aliphatic rings. The number of para-hydroxylation sites is 3. The highest BCUT2D eigenvalue weighted by molar-refractivity contribution is 5.97. The summed E-state index contributed by atoms with van der Waals surface area (Å²) < 4.78 is 0. The van der Waals surface area contributed by atoms with Crippen LogP contribution in [0.2, 0.25) is 0 Å². The van der Waals surface area contributed by atoms with Gasteiger partial charge in [0.15, 0.2) is 0 Å². The minimum Gasteiger partial charge on any atom is -0.314 e. The lowest BCUT2D eigenvalue weighted by Gasteiger charge is -2.32. The molecule has 0 spiro atoms. The van der Waals surface area contributed by atoms with Gasteiger partial charge in [0.1, 0.15) is 0 Å². The zero-order valence-electron chi connectivity index (χ0n) is 41.0. The van der Waals surface area contributed by atoms with E-state index in [4.69, 9.17) is 0 Å². The molecule has 1 unspecified atom stereocenters. The number of allylic oxidation sites excluding steroid dienone is 13. The van der Waals surface area contributed by atoms with Crippen molar-refractivity contribution in [3.63, 3.8) is 0 Å². The van der Waals surface area contributed by atoms with Gasteiger partial charge in [-0.15, -0.1) is 0 Å². The van der Waals surface area contributed by atoms with Crippen molar-refractivity contribution in [2.45, 2.75) is 54.9 Å². The number of benzene rings is 7. The first-order valence-electron chi connectivity index (χ1n) is 24.1. The van der Waals surface area contributed by atoms with Gasteiger partial charge in [0, 0.05) is 33.9 Å². The zero-order valence-corrected chi connectivity index (χ0v) is 41.0. The second-order valence-electron chi connectivity index (χ2n) is 17.6. The fourth-order valence-electron chi connectivity index (χ4n) is 9.26. The van der Waals surface area contributed by atoms with Crippen molar-refractivity contribution < 1.29 is 0 Å². The van der Waals surface area contributed by atoms with Crippen molar-refractivity contribution in [3.05, 3.63) is 266 Å². The molecule has 7 aromatic rings. The van der Waals surface area contributed by atoms with Crippen molar-refractivity contribution in [2.75, 3.05) is 9.80 Å². The van der Waals surface area contributed by atoms with Crippen LogP contribution in [0.5, 0.6) is 0 Å². The van der Waals surface area contributed by atoms with E-state index in [1.807, 2.05) is 26.8 Å². The molecule has 0 saturated heterocycles. The van der Waals surface area contributed by atoms with Crippen molar-refractivity contribution in [1.82, 2.24) is 0 Å². The number of hydrogen-bond acceptors (Lipinski definition) is 2. The van der Waals surface area contributed by atoms with Crippen molar-refractivity contribution in [3.8, 4) is 33.4 Å². The molecular weight excluding hydrogens is 821 g/mol. The summed E-state index contributed by atoms with van der Waals surface area (Å²) in [5, 5.41) is 2.48. The van der Waals surface area contributed by atoms with Crippen LogP contribution in [0.15, 0.2) is 266 Å². The van der Waals surface area contributed by atoms with Crippen LogP contribution < -0.4 is 9.80 Å². The highest BCUT2D eigenvalue weighted by Crippen LogP contribution is 2.44. The molecule has 0 N–H and O–H groups in total. The lowest BCUT2D eigenvalue weighted by molar-refractivity contribution is 0.458. The maximum atomic E-state index is 4.31. The maximum Gasteiger partial charge on any atom is 0.0540 e. The number of hydrogen-bond donors (Lipinski definition) is 0. The number of anilines is 4. The summed E-state index contributed by atoms with van der Waals surface area (Å²) in [6.45, 7) is 23.8. The van der Waals surface area contributed by atoms with Gasteiger partial charge in [-0.25, -0.2) is 0 Å². The normalized spacial score (nSPS) is 17.0. The highest BCUT2D eigenvalue weighted by Gasteiger charge is 2.27. The third-order valence-electron chi connectivity index (χ3n) is 12.7. The maximum absolute atomic E-state index is 4.31. The Kier molecular flexibility index (Phi) is 16.1. The number of rotatable bonds is 13. The fourth-order valence-corrected chi connectivity index (χ4v) is 9.26. The van der Waals surface area contributed by atoms with Crippen LogP contribution in [0.1, 0.15) is 54.9 Å². The first kappa shape index (κ1) is 48.3. The Morgan fingerprint density at radius 1 is 0.603 bits per heavy atom. The zero-order chi connectivity index (χ0) is 48.0. The lowest BCUT2D eigenvalue weighted by atomic mass is 9.76. The van der Waals surface area contributed by atoms with E-state index < -0.39 is 0 Å². The quantitative estimate of drug-likeness (QED) is 0.106. The summed E-state index contributed by atoms with van der Waals surface area (Å²) in [7, 11) is 0. The molecular formula is C66H66N2. The molecule has 0 heterocycles. The molecule has 2 heteroatoms. The summed E-state index contributed by atoms with van der Waals surface area (Å²) in [5.74, 6) is 0.227. The first-order chi connectivity index (χ1) is 33.2. The van der Waals surface area contributed by atoms with Gasteiger partial charge in [0.05, 0.1) is 11.4 Å². The molecule has 7 aromatic carbocycles. The van der Waals surface area contributed by atoms with Gasteiger partial charge in [-0.2, -0.15) is 0 Å². The van der Waals surface area contributed by atoms with Gasteiger partial charge in [-0.3, -0.25) is 0 Å². The van der Waals surface area contributed by atoms with E-state index in [1.54, 1.807) is 0 Å². The van der Waals surface area contributed by atoms with Gasteiger partial charge in [-0.1, -0.05) is 224 Å². The molecule has 0 saturated carbocycles. The van der Waals surface area contributed by atoms with Gasteiger partial charge >= 0.3 is 0 Å². The lowest BCUT2D eigenvalue weighted by Crippen LogP contribution is -2.20. The van der Waals surface area contributed by atoms with Gasteiger partial charge in [-0.05, 0) is 130 Å². The Labute approximate surface area is 407 Å². The van der Waals surface area contributed by atoms with E-state index in [0.29, 0.717) is 0 Å². The van der Waals surface area contributed by atoms with Gasteiger partial charge in [0.25, 0.3) is 0 Å². The molecule has 68 heavy (non-hydrogen) atoms. The smallest absolute Gasteiger partial charge is 0.0540 e. The predicted molar refractivity (Wildman–Crippen MR) is 299 cm³/mol. The van der Waals surface area contributed by atoms with E-state index in [-0.39, 0.29) is 11.3 Å². The van der Waals surface area contributed by atoms with Crippen LogP contribution in [0.4, 0.5) is 22.7 Å². The summed E-state index contributed by atoms with van der Waals surface area (Å²) in [6, 6.07) is 61.2. The third-order valence-corrected chi connectivity index (χ3v) is 12.7. The average molecular weight is 887 g/mol. The minimum absolute atomic E-state index is 0.110. The Hall–Kier alpha value is -7.68. The third kappa shape index (κ3) is 10.6. The van der Waals surface area contributed by atoms with Crippen LogP contribution in [-0.4, -0.2) is 0 Å². The molecule has 1 aliphatic carbocycles. The standard InChI is InChI=1S/C64H60N2.C2H6/c1-8-11-28-53(9-2)66(55-43-41-50(42-44-55)58-34-24-27-49-26-17-18-31-57(49)58)63-36-22-20-33-60(63)52-39-37-51(38-40-52)59-32-19-21-35-62(59)65(54-29-15-12-16-30-54)48(5)46-61-56(10-3)47(4)25-14-13-23-45-64(61,6)7;1-2/h8-44,46-47H,2-3,45H2,1,4-7H3;1-2H3/b11-8-,23-13-,25-14-,48-46+,53-28+,61-56-;. The summed E-state index contributed by atoms with van der Waals surface area (Å²) in [4.78, 5) is 4.72. The van der Waals surface area contributed by atoms with Crippen molar-refractivity contribution in [1.29, 1.82) is 0 Å². The molecule has 0 amide bonds. The van der Waals surface area contributed by atoms with Gasteiger partial charge < -0.3 is 9.80 Å². The van der Waals surface area contributed by atoms with E-state index in [2.05, 4.69) is 275 Å². The van der Waals surface area contributed by atoms with Crippen LogP contribution >= 0.6 is 0 Å². The Morgan fingerprint density at radius 3 is 1.76 bits per heavy atom. The monoisotopic (exact) mass is 887 g/mol. The number of fused-ring (bicyclic) bond motifs is 1. The van der Waals surface area contributed by atoms with Crippen LogP contribution in [0.3, 0.4) is 0 Å². The second kappa shape index (κ2) is 22.7. The molecule has 0 bridgehead atoms. The second-order valence-corrected chi connectivity index (χ2v) is 17.6. The largest absolute Gasteiger partial charge is 0.314 e. The van der Waals surface area contributed by atoms with Crippen LogP contribution in [0.25, 0.3) is 44.2 Å². The molecule has 0 radical (unpaired) electrons. The predicted octanol–water partition coefficient (Wildman–Crippen LogP) is 19.4. The van der Waals surface area contributed by atoms with Crippen LogP contribution in [0, 0.1) is 11.3 Å². The van der Waals surface area contributed by atoms with Crippen LogP contribution in [-0.2, 0) is 0 Å². The highest BCUT2D eigenvalue weighted by atomic mass is 15.2. The molecule has 340 valence electrons. The Bertz CT molecular complexity index is 3020. The van der Waals surface area contributed by atoms with E-state index in [0.717, 1.165) is 62.8 Å². The first-order valence-corrected chi connectivity index (χ1v) is 24.1. The molecule has 0 aliphatic heterocycles. The fraction of sp³-hybridized carbons (Fsp3) is 0.152. The molecule has 2 nitrogen and oxygen atoms in total. The van der Waals surface area contributed by atoms with E-state index >= 15 is 0 Å². The Morgan fingerprint density at radius 2 is 1.13 bits per heavy atom. The number of nitrogens with zero attached hydrogens (tertiary/aromatic N) is 2. The average Bonchev–Trinajstić information content (AvgIpc) is 3.43. The Balaban J connectivity index is 0.00000338. The molecule has 8 rings (SSSR count). The van der Waals surface area contributed by atoms with Crippen molar-refractivity contribution in [2.24, 2.45) is 11.3 Å². The summed E-state index contributed by atoms with van der Waals surface area (Å²) >= 11 is 0. The van der Waals surface area contributed by atoms with Gasteiger partial charge in [0.2, 0.25) is 0 Å². The van der Waals surface area contributed by atoms with E-state index in [1.165, 1.54) is 33.0 Å². The van der Waals surface area contributed by atoms with E-state index in [9.17, 15) is 0 Å². The SMILES string of the molecule is C=C/C1=C(\C=C(/C)N(c2ccccc2)c2ccccc2-c2ccc(-c3ccccc3N(/C(C=C)=C/C=C\C)c3ccc(-c4cccc5ccccc45)cc3)cc2)C(C)(C)C/C=C\C=C/C1C.CC. The minimum atomic E-state index is -0.110. The molecule has 0 fully saturated rings. The summed E-state index contributed by atoms with van der Waals surface area (Å²) in [5.41, 5.74) is 15.8. The van der Waals surface area contributed by atoms with Crippen molar-refractivity contribution >= 4 is 33.5 Å².